The second-order valence-electron chi connectivity index (χ2n) is 5.90. The molecule has 0 rings (SSSR count). The molecule has 0 radical (unpaired) electrons. The summed E-state index contributed by atoms with van der Waals surface area (Å²) in [6, 6.07) is 0. The van der Waals surface area contributed by atoms with Crippen molar-refractivity contribution in [2.24, 2.45) is 0 Å². The van der Waals surface area contributed by atoms with Gasteiger partial charge in [-0.25, -0.2) is 4.79 Å². The number of carboxylic acid groups (broad SMARTS) is 1. The Balaban J connectivity index is 3.33. The Morgan fingerprint density at radius 2 is 1.42 bits per heavy atom. The first-order chi connectivity index (χ1) is 11.2. The van der Waals surface area contributed by atoms with E-state index in [1.54, 1.807) is 20.8 Å². The van der Waals surface area contributed by atoms with E-state index in [9.17, 15) is 14.4 Å². The number of hydrogen-bond donors (Lipinski definition) is 3. The van der Waals surface area contributed by atoms with Crippen LogP contribution in [-0.4, -0.2) is 68.2 Å². The summed E-state index contributed by atoms with van der Waals surface area (Å²) < 4.78 is 15.6. The summed E-state index contributed by atoms with van der Waals surface area (Å²) in [6.07, 6.45) is -0.706. The van der Waals surface area contributed by atoms with Crippen LogP contribution in [0.5, 0.6) is 0 Å². The zero-order valence-corrected chi connectivity index (χ0v) is 14.6. The van der Waals surface area contributed by atoms with Gasteiger partial charge in [-0.15, -0.1) is 0 Å². The first-order valence-corrected chi connectivity index (χ1v) is 7.81. The number of ether oxygens (including phenoxy) is 3. The first-order valence-electron chi connectivity index (χ1n) is 7.81. The molecule has 140 valence electrons. The van der Waals surface area contributed by atoms with Crippen LogP contribution in [0.15, 0.2) is 0 Å². The molecule has 9 heteroatoms. The van der Waals surface area contributed by atoms with Gasteiger partial charge in [0.1, 0.15) is 5.60 Å². The van der Waals surface area contributed by atoms with Crippen molar-refractivity contribution in [1.82, 2.24) is 10.6 Å². The molecule has 0 aliphatic carbocycles. The number of rotatable bonds is 12. The van der Waals surface area contributed by atoms with E-state index in [-0.39, 0.29) is 18.7 Å². The molecule has 24 heavy (non-hydrogen) atoms. The average Bonchev–Trinajstić information content (AvgIpc) is 2.45. The number of alkyl carbamates (subject to hydrolysis) is 1. The molecule has 3 N–H and O–H groups in total. The molecular formula is C15H28N2O7. The fraction of sp³-hybridized carbons (Fsp3) is 0.800. The number of carbonyl (C=O) groups excluding carboxylic acids is 2. The van der Waals surface area contributed by atoms with E-state index in [4.69, 9.17) is 19.3 Å². The molecule has 0 aromatic rings. The van der Waals surface area contributed by atoms with Crippen molar-refractivity contribution in [2.45, 2.75) is 39.2 Å². The molecule has 2 amide bonds. The standard InChI is InChI=1S/C15H28N2O7/c1-15(2,3)24-14(21)17-7-9-23-11-10-22-8-6-16-12(18)4-5-13(19)20/h4-11H2,1-3H3,(H,16,18)(H,17,21)(H,19,20). The molecule has 0 aliphatic rings. The molecular weight excluding hydrogens is 320 g/mol. The molecule has 0 aliphatic heterocycles. The maximum absolute atomic E-state index is 11.3. The second kappa shape index (κ2) is 12.5. The number of nitrogens with one attached hydrogen (secondary N) is 2. The Hall–Kier alpha value is -1.87. The largest absolute Gasteiger partial charge is 0.481 e. The summed E-state index contributed by atoms with van der Waals surface area (Å²) in [5.74, 6) is -1.31. The lowest BCUT2D eigenvalue weighted by molar-refractivity contribution is -0.138. The highest BCUT2D eigenvalue weighted by atomic mass is 16.6. The predicted molar refractivity (Wildman–Crippen MR) is 85.8 cm³/mol. The zero-order chi connectivity index (χ0) is 18.4. The van der Waals surface area contributed by atoms with Gasteiger partial charge in [-0.05, 0) is 20.8 Å². The fourth-order valence-corrected chi connectivity index (χ4v) is 1.43. The number of hydrogen-bond acceptors (Lipinski definition) is 6. The molecule has 0 saturated carbocycles. The van der Waals surface area contributed by atoms with Crippen LogP contribution < -0.4 is 10.6 Å². The second-order valence-corrected chi connectivity index (χ2v) is 5.90. The molecule has 0 bridgehead atoms. The highest BCUT2D eigenvalue weighted by molar-refractivity contribution is 5.80. The smallest absolute Gasteiger partial charge is 0.407 e. The van der Waals surface area contributed by atoms with E-state index in [1.165, 1.54) is 0 Å². The quantitative estimate of drug-likeness (QED) is 0.439. The fourth-order valence-electron chi connectivity index (χ4n) is 1.43. The average molecular weight is 348 g/mol. The van der Waals surface area contributed by atoms with Crippen molar-refractivity contribution < 1.29 is 33.7 Å². The van der Waals surface area contributed by atoms with Crippen LogP contribution in [0, 0.1) is 0 Å². The molecule has 0 spiro atoms. The lowest BCUT2D eigenvalue weighted by Crippen LogP contribution is -2.34. The van der Waals surface area contributed by atoms with Crippen LogP contribution in [0.2, 0.25) is 0 Å². The van der Waals surface area contributed by atoms with Gasteiger partial charge in [0.2, 0.25) is 5.91 Å². The lowest BCUT2D eigenvalue weighted by atomic mass is 10.2. The summed E-state index contributed by atoms with van der Waals surface area (Å²) in [5, 5.41) is 13.5. The summed E-state index contributed by atoms with van der Waals surface area (Å²) >= 11 is 0. The third kappa shape index (κ3) is 16.5. The van der Waals surface area contributed by atoms with Gasteiger partial charge in [-0.3, -0.25) is 9.59 Å². The maximum Gasteiger partial charge on any atom is 0.407 e. The van der Waals surface area contributed by atoms with Gasteiger partial charge in [0.25, 0.3) is 0 Å². The third-order valence-corrected chi connectivity index (χ3v) is 2.42. The molecule has 0 heterocycles. The van der Waals surface area contributed by atoms with Crippen molar-refractivity contribution in [3.63, 3.8) is 0 Å². The van der Waals surface area contributed by atoms with E-state index < -0.39 is 17.7 Å². The van der Waals surface area contributed by atoms with Crippen LogP contribution in [0.3, 0.4) is 0 Å². The Labute approximate surface area is 142 Å². The SMILES string of the molecule is CC(C)(C)OC(=O)NCCOCCOCCNC(=O)CCC(=O)O. The minimum absolute atomic E-state index is 0.0386. The zero-order valence-electron chi connectivity index (χ0n) is 14.6. The molecule has 0 saturated heterocycles. The van der Waals surface area contributed by atoms with Gasteiger partial charge in [-0.2, -0.15) is 0 Å². The molecule has 0 aromatic heterocycles. The number of carbonyl (C=O) groups is 3. The van der Waals surface area contributed by atoms with Gasteiger partial charge >= 0.3 is 12.1 Å². The lowest BCUT2D eigenvalue weighted by Gasteiger charge is -2.19. The number of amides is 2. The summed E-state index contributed by atoms with van der Waals surface area (Å²) in [7, 11) is 0. The molecule has 0 fully saturated rings. The summed E-state index contributed by atoms with van der Waals surface area (Å²) in [6.45, 7) is 7.40. The predicted octanol–water partition coefficient (Wildman–Crippen LogP) is 0.525. The van der Waals surface area contributed by atoms with Gasteiger partial charge in [0, 0.05) is 19.5 Å². The van der Waals surface area contributed by atoms with Crippen molar-refractivity contribution in [3.05, 3.63) is 0 Å². The van der Waals surface area contributed by atoms with Gasteiger partial charge < -0.3 is 30.0 Å². The highest BCUT2D eigenvalue weighted by Crippen LogP contribution is 2.05. The summed E-state index contributed by atoms with van der Waals surface area (Å²) in [5.41, 5.74) is -0.526. The van der Waals surface area contributed by atoms with Gasteiger partial charge in [0.05, 0.1) is 32.8 Å². The molecule has 0 unspecified atom stereocenters. The van der Waals surface area contributed by atoms with Crippen molar-refractivity contribution >= 4 is 18.0 Å². The Morgan fingerprint density at radius 1 is 0.875 bits per heavy atom. The van der Waals surface area contributed by atoms with Gasteiger partial charge in [0.15, 0.2) is 0 Å². The Bertz CT molecular complexity index is 394. The monoisotopic (exact) mass is 348 g/mol. The number of carboxylic acids is 1. The van der Waals surface area contributed by atoms with Crippen LogP contribution in [0.4, 0.5) is 4.79 Å². The van der Waals surface area contributed by atoms with Gasteiger partial charge in [-0.1, -0.05) is 0 Å². The van der Waals surface area contributed by atoms with Crippen molar-refractivity contribution in [2.75, 3.05) is 39.5 Å². The normalized spacial score (nSPS) is 11.0. The van der Waals surface area contributed by atoms with E-state index in [1.807, 2.05) is 0 Å². The van der Waals surface area contributed by atoms with E-state index >= 15 is 0 Å². The Kier molecular flexibility index (Phi) is 11.6. The molecule has 0 atom stereocenters. The highest BCUT2D eigenvalue weighted by Gasteiger charge is 2.15. The van der Waals surface area contributed by atoms with E-state index in [2.05, 4.69) is 10.6 Å². The summed E-state index contributed by atoms with van der Waals surface area (Å²) in [4.78, 5) is 32.8. The van der Waals surface area contributed by atoms with Crippen LogP contribution in [-0.2, 0) is 23.8 Å². The first kappa shape index (κ1) is 22.1. The number of aliphatic carboxylic acids is 1. The minimum Gasteiger partial charge on any atom is -0.481 e. The van der Waals surface area contributed by atoms with Crippen LogP contribution >= 0.6 is 0 Å². The topological polar surface area (TPSA) is 123 Å². The van der Waals surface area contributed by atoms with Crippen LogP contribution in [0.25, 0.3) is 0 Å². The third-order valence-electron chi connectivity index (χ3n) is 2.42. The van der Waals surface area contributed by atoms with E-state index in [0.29, 0.717) is 39.5 Å². The molecule has 9 nitrogen and oxygen atoms in total. The van der Waals surface area contributed by atoms with Crippen molar-refractivity contribution in [1.29, 1.82) is 0 Å². The molecule has 0 aromatic carbocycles. The van der Waals surface area contributed by atoms with Crippen LogP contribution in [0.1, 0.15) is 33.6 Å². The van der Waals surface area contributed by atoms with E-state index in [0.717, 1.165) is 0 Å². The minimum atomic E-state index is -1.00. The van der Waals surface area contributed by atoms with Crippen molar-refractivity contribution in [3.8, 4) is 0 Å². The Morgan fingerprint density at radius 3 is 1.92 bits per heavy atom. The maximum atomic E-state index is 11.3.